The molecular formula is C18H16F2N2O5. The predicted molar refractivity (Wildman–Crippen MR) is 88.6 cm³/mol. The number of likely N-dealkylation sites (tertiary alicyclic amines) is 1. The van der Waals surface area contributed by atoms with Gasteiger partial charge in [0.05, 0.1) is 17.7 Å². The molecule has 9 heteroatoms. The van der Waals surface area contributed by atoms with Crippen LogP contribution in [-0.4, -0.2) is 36.1 Å². The predicted octanol–water partition coefficient (Wildman–Crippen LogP) is 3.09. The zero-order chi connectivity index (χ0) is 19.0. The van der Waals surface area contributed by atoms with E-state index in [1.807, 2.05) is 0 Å². The van der Waals surface area contributed by atoms with Crippen molar-refractivity contribution in [2.45, 2.75) is 19.1 Å². The summed E-state index contributed by atoms with van der Waals surface area (Å²) >= 11 is 0. The second-order valence-corrected chi connectivity index (χ2v) is 6.42. The molecular weight excluding hydrogens is 362 g/mol. The van der Waals surface area contributed by atoms with E-state index in [0.29, 0.717) is 30.6 Å². The molecule has 0 aliphatic carbocycles. The van der Waals surface area contributed by atoms with E-state index < -0.39 is 12.2 Å². The maximum atomic E-state index is 13.1. The van der Waals surface area contributed by atoms with Gasteiger partial charge >= 0.3 is 6.29 Å². The van der Waals surface area contributed by atoms with Gasteiger partial charge in [-0.2, -0.15) is 0 Å². The minimum Gasteiger partial charge on any atom is -0.472 e. The van der Waals surface area contributed by atoms with Gasteiger partial charge in [-0.1, -0.05) is 0 Å². The summed E-state index contributed by atoms with van der Waals surface area (Å²) in [7, 11) is 0. The van der Waals surface area contributed by atoms with Gasteiger partial charge in [0.2, 0.25) is 5.91 Å². The Morgan fingerprint density at radius 2 is 2.00 bits per heavy atom. The zero-order valence-corrected chi connectivity index (χ0v) is 14.1. The summed E-state index contributed by atoms with van der Waals surface area (Å²) in [4.78, 5) is 26.6. The summed E-state index contributed by atoms with van der Waals surface area (Å²) < 4.78 is 39.8. The summed E-state index contributed by atoms with van der Waals surface area (Å²) in [6.07, 6.45) is 0.403. The van der Waals surface area contributed by atoms with E-state index in [0.717, 1.165) is 0 Å². The third-order valence-electron chi connectivity index (χ3n) is 4.52. The number of piperidine rings is 1. The molecule has 0 bridgehead atoms. The first-order valence-electron chi connectivity index (χ1n) is 8.43. The standard InChI is InChI=1S/C18H16F2N2O5/c19-18(20)26-14-4-3-13(8-15(14)27-18)21-16(23)11-2-1-6-22(9-11)17(24)12-5-7-25-10-12/h3-5,7-8,10-11H,1-2,6,9H2,(H,21,23). The molecule has 0 spiro atoms. The van der Waals surface area contributed by atoms with Crippen molar-refractivity contribution in [1.82, 2.24) is 4.90 Å². The lowest BCUT2D eigenvalue weighted by Gasteiger charge is -2.31. The molecule has 2 aliphatic heterocycles. The van der Waals surface area contributed by atoms with Crippen LogP contribution in [0.15, 0.2) is 41.2 Å². The first-order chi connectivity index (χ1) is 12.9. The van der Waals surface area contributed by atoms with Gasteiger partial charge in [0, 0.05) is 24.8 Å². The molecule has 2 amide bonds. The number of hydrogen-bond donors (Lipinski definition) is 1. The highest BCUT2D eigenvalue weighted by atomic mass is 19.3. The molecule has 0 radical (unpaired) electrons. The molecule has 3 heterocycles. The normalized spacial score (nSPS) is 20.4. The van der Waals surface area contributed by atoms with Gasteiger partial charge in [-0.05, 0) is 31.0 Å². The highest BCUT2D eigenvalue weighted by Crippen LogP contribution is 2.42. The summed E-state index contributed by atoms with van der Waals surface area (Å²) in [5, 5.41) is 2.69. The SMILES string of the molecule is O=C(Nc1ccc2c(c1)OC(F)(F)O2)C1CCCN(C(=O)c2ccoc2)C1. The van der Waals surface area contributed by atoms with Gasteiger partial charge in [0.1, 0.15) is 6.26 Å². The quantitative estimate of drug-likeness (QED) is 0.888. The number of carbonyl (C=O) groups is 2. The van der Waals surface area contributed by atoms with Crippen molar-refractivity contribution in [2.24, 2.45) is 5.92 Å². The van der Waals surface area contributed by atoms with Crippen molar-refractivity contribution >= 4 is 17.5 Å². The molecule has 142 valence electrons. The molecule has 1 N–H and O–H groups in total. The topological polar surface area (TPSA) is 81.0 Å². The average Bonchev–Trinajstić information content (AvgIpc) is 3.27. The van der Waals surface area contributed by atoms with E-state index in [9.17, 15) is 18.4 Å². The van der Waals surface area contributed by atoms with Crippen LogP contribution >= 0.6 is 0 Å². The first-order valence-corrected chi connectivity index (χ1v) is 8.43. The molecule has 1 unspecified atom stereocenters. The van der Waals surface area contributed by atoms with Crippen molar-refractivity contribution < 1.29 is 32.3 Å². The maximum absolute atomic E-state index is 13.1. The van der Waals surface area contributed by atoms with Crippen LogP contribution in [0.25, 0.3) is 0 Å². The van der Waals surface area contributed by atoms with Crippen molar-refractivity contribution in [3.05, 3.63) is 42.4 Å². The molecule has 0 saturated carbocycles. The van der Waals surface area contributed by atoms with Gasteiger partial charge in [-0.25, -0.2) is 0 Å². The monoisotopic (exact) mass is 378 g/mol. The summed E-state index contributed by atoms with van der Waals surface area (Å²) in [6, 6.07) is 5.62. The Labute approximate surface area is 152 Å². The summed E-state index contributed by atoms with van der Waals surface area (Å²) in [6.45, 7) is 0.839. The number of alkyl halides is 2. The number of halogens is 2. The highest BCUT2D eigenvalue weighted by molar-refractivity contribution is 5.96. The number of hydrogen-bond acceptors (Lipinski definition) is 5. The van der Waals surface area contributed by atoms with Gasteiger partial charge < -0.3 is 24.1 Å². The maximum Gasteiger partial charge on any atom is 0.586 e. The van der Waals surface area contributed by atoms with Crippen LogP contribution < -0.4 is 14.8 Å². The summed E-state index contributed by atoms with van der Waals surface area (Å²) in [5.74, 6) is -1.11. The fourth-order valence-electron chi connectivity index (χ4n) is 3.22. The first kappa shape index (κ1) is 17.3. The van der Waals surface area contributed by atoms with Gasteiger partial charge in [0.15, 0.2) is 11.5 Å². The van der Waals surface area contributed by atoms with Crippen LogP contribution in [0.2, 0.25) is 0 Å². The van der Waals surface area contributed by atoms with Crippen LogP contribution in [0, 0.1) is 5.92 Å². The molecule has 2 aliphatic rings. The number of amides is 2. The highest BCUT2D eigenvalue weighted by Gasteiger charge is 2.43. The summed E-state index contributed by atoms with van der Waals surface area (Å²) in [5.41, 5.74) is 0.756. The molecule has 7 nitrogen and oxygen atoms in total. The number of ether oxygens (including phenoxy) is 2. The second-order valence-electron chi connectivity index (χ2n) is 6.42. The third-order valence-corrected chi connectivity index (χ3v) is 4.52. The van der Waals surface area contributed by atoms with E-state index in [1.54, 1.807) is 11.0 Å². The zero-order valence-electron chi connectivity index (χ0n) is 14.1. The number of nitrogens with zero attached hydrogens (tertiary/aromatic N) is 1. The lowest BCUT2D eigenvalue weighted by Crippen LogP contribution is -2.43. The number of fused-ring (bicyclic) bond motifs is 1. The van der Waals surface area contributed by atoms with E-state index >= 15 is 0 Å². The van der Waals surface area contributed by atoms with Crippen LogP contribution in [0.5, 0.6) is 11.5 Å². The molecule has 1 aromatic carbocycles. The minimum absolute atomic E-state index is 0.0902. The fraction of sp³-hybridized carbons (Fsp3) is 0.333. The Morgan fingerprint density at radius 1 is 1.19 bits per heavy atom. The van der Waals surface area contributed by atoms with Crippen LogP contribution in [0.4, 0.5) is 14.5 Å². The van der Waals surface area contributed by atoms with E-state index in [2.05, 4.69) is 14.8 Å². The number of rotatable bonds is 3. The Kier molecular flexibility index (Phi) is 4.21. The smallest absolute Gasteiger partial charge is 0.472 e. The lowest BCUT2D eigenvalue weighted by atomic mass is 9.96. The fourth-order valence-corrected chi connectivity index (χ4v) is 3.22. The number of benzene rings is 1. The van der Waals surface area contributed by atoms with Gasteiger partial charge in [0.25, 0.3) is 5.91 Å². The van der Waals surface area contributed by atoms with Gasteiger partial charge in [-0.3, -0.25) is 9.59 Å². The van der Waals surface area contributed by atoms with Crippen molar-refractivity contribution in [3.8, 4) is 11.5 Å². The Balaban J connectivity index is 1.41. The largest absolute Gasteiger partial charge is 0.586 e. The van der Waals surface area contributed by atoms with Crippen molar-refractivity contribution in [3.63, 3.8) is 0 Å². The second kappa shape index (κ2) is 6.57. The van der Waals surface area contributed by atoms with Gasteiger partial charge in [-0.15, -0.1) is 8.78 Å². The Hall–Kier alpha value is -3.10. The molecule has 2 aromatic rings. The third kappa shape index (κ3) is 3.57. The molecule has 1 fully saturated rings. The lowest BCUT2D eigenvalue weighted by molar-refractivity contribution is -0.286. The number of anilines is 1. The van der Waals surface area contributed by atoms with Crippen molar-refractivity contribution in [2.75, 3.05) is 18.4 Å². The van der Waals surface area contributed by atoms with Crippen LogP contribution in [0.1, 0.15) is 23.2 Å². The Morgan fingerprint density at radius 3 is 2.78 bits per heavy atom. The van der Waals surface area contributed by atoms with Crippen LogP contribution in [-0.2, 0) is 4.79 Å². The average molecular weight is 378 g/mol. The van der Waals surface area contributed by atoms with Crippen LogP contribution in [0.3, 0.4) is 0 Å². The molecule has 1 atom stereocenters. The number of nitrogens with one attached hydrogen (secondary N) is 1. The molecule has 27 heavy (non-hydrogen) atoms. The molecule has 1 aromatic heterocycles. The van der Waals surface area contributed by atoms with Crippen molar-refractivity contribution in [1.29, 1.82) is 0 Å². The molecule has 4 rings (SSSR count). The minimum atomic E-state index is -3.71. The van der Waals surface area contributed by atoms with E-state index in [-0.39, 0.29) is 29.9 Å². The Bertz CT molecular complexity index is 869. The number of furan rings is 1. The van der Waals surface area contributed by atoms with E-state index in [4.69, 9.17) is 4.42 Å². The molecule has 1 saturated heterocycles. The number of carbonyl (C=O) groups excluding carboxylic acids is 2. The van der Waals surface area contributed by atoms with E-state index in [1.165, 1.54) is 30.7 Å².